The van der Waals surface area contributed by atoms with Crippen molar-refractivity contribution in [2.75, 3.05) is 5.32 Å². The molecule has 6 nitrogen and oxygen atoms in total. The van der Waals surface area contributed by atoms with Crippen LogP contribution in [0.4, 0.5) is 28.4 Å². The maximum atomic E-state index is 12.7. The number of benzene rings is 3. The summed E-state index contributed by atoms with van der Waals surface area (Å²) >= 11 is 0. The number of nitrogens with one attached hydrogen (secondary N) is 3. The van der Waals surface area contributed by atoms with E-state index in [0.29, 0.717) is 11.1 Å². The Morgan fingerprint density at radius 2 is 1.19 bits per heavy atom. The Hall–Kier alpha value is -4.01. The highest BCUT2D eigenvalue weighted by molar-refractivity contribution is 5.89. The maximum absolute atomic E-state index is 12.7. The number of carboxylic acid groups (broad SMARTS) is 1. The number of carbonyl (C=O) groups excluding carboxylic acids is 1. The molecule has 3 aromatic rings. The van der Waals surface area contributed by atoms with E-state index in [1.807, 2.05) is 0 Å². The molecular formula is C23H20F3N3O3. The Bertz CT molecular complexity index is 1040. The summed E-state index contributed by atoms with van der Waals surface area (Å²) in [5.74, 6) is 0. The van der Waals surface area contributed by atoms with Crippen LogP contribution in [0.5, 0.6) is 0 Å². The van der Waals surface area contributed by atoms with Gasteiger partial charge >= 0.3 is 18.3 Å². The topological polar surface area (TPSA) is 90.5 Å². The van der Waals surface area contributed by atoms with E-state index in [-0.39, 0.29) is 5.69 Å². The molecule has 0 spiro atoms. The molecule has 9 heteroatoms. The zero-order valence-electron chi connectivity index (χ0n) is 16.6. The van der Waals surface area contributed by atoms with Crippen LogP contribution in [-0.2, 0) is 6.18 Å². The fraction of sp³-hybridized carbons (Fsp3) is 0.130. The zero-order valence-corrected chi connectivity index (χ0v) is 16.6. The Morgan fingerprint density at radius 3 is 1.62 bits per heavy atom. The summed E-state index contributed by atoms with van der Waals surface area (Å²) in [5, 5.41) is 17.0. The third-order valence-corrected chi connectivity index (χ3v) is 4.69. The predicted molar refractivity (Wildman–Crippen MR) is 113 cm³/mol. The molecule has 2 atom stereocenters. The number of halogens is 3. The van der Waals surface area contributed by atoms with Gasteiger partial charge in [-0.25, -0.2) is 9.59 Å². The smallest absolute Gasteiger partial charge is 0.416 e. The van der Waals surface area contributed by atoms with Gasteiger partial charge in [0, 0.05) is 5.69 Å². The van der Waals surface area contributed by atoms with E-state index in [9.17, 15) is 27.9 Å². The molecule has 0 fully saturated rings. The summed E-state index contributed by atoms with van der Waals surface area (Å²) in [5.41, 5.74) is 0.585. The van der Waals surface area contributed by atoms with E-state index in [4.69, 9.17) is 0 Å². The molecule has 4 N–H and O–H groups in total. The van der Waals surface area contributed by atoms with Crippen LogP contribution in [-0.4, -0.2) is 17.2 Å². The lowest BCUT2D eigenvalue weighted by molar-refractivity contribution is -0.137. The van der Waals surface area contributed by atoms with Crippen molar-refractivity contribution in [3.63, 3.8) is 0 Å². The predicted octanol–water partition coefficient (Wildman–Crippen LogP) is 5.58. The second-order valence-corrected chi connectivity index (χ2v) is 6.90. The van der Waals surface area contributed by atoms with Crippen LogP contribution in [0.3, 0.4) is 0 Å². The molecule has 3 amide bonds. The van der Waals surface area contributed by atoms with Crippen LogP contribution >= 0.6 is 0 Å². The average molecular weight is 443 g/mol. The number of rotatable bonds is 6. The van der Waals surface area contributed by atoms with Gasteiger partial charge < -0.3 is 21.1 Å². The first-order valence-electron chi connectivity index (χ1n) is 9.58. The molecule has 0 aliphatic heterocycles. The molecule has 0 bridgehead atoms. The molecular weight excluding hydrogens is 423 g/mol. The van der Waals surface area contributed by atoms with Gasteiger partial charge in [-0.2, -0.15) is 13.2 Å². The summed E-state index contributed by atoms with van der Waals surface area (Å²) in [6.07, 6.45) is -5.75. The number of amides is 3. The number of carbonyl (C=O) groups is 2. The van der Waals surface area contributed by atoms with Gasteiger partial charge in [-0.15, -0.1) is 0 Å². The first kappa shape index (κ1) is 22.7. The van der Waals surface area contributed by atoms with Gasteiger partial charge in [-0.05, 0) is 35.4 Å². The van der Waals surface area contributed by atoms with Crippen molar-refractivity contribution in [1.82, 2.24) is 10.6 Å². The average Bonchev–Trinajstić information content (AvgIpc) is 2.77. The molecule has 0 saturated carbocycles. The number of anilines is 1. The van der Waals surface area contributed by atoms with Crippen LogP contribution in [0.15, 0.2) is 84.9 Å². The van der Waals surface area contributed by atoms with Crippen molar-refractivity contribution < 1.29 is 27.9 Å². The summed E-state index contributed by atoms with van der Waals surface area (Å²) < 4.78 is 38.2. The van der Waals surface area contributed by atoms with Gasteiger partial charge in [-0.1, -0.05) is 60.7 Å². The molecule has 0 aliphatic carbocycles. The van der Waals surface area contributed by atoms with Gasteiger partial charge in [-0.3, -0.25) is 0 Å². The molecule has 32 heavy (non-hydrogen) atoms. The third-order valence-electron chi connectivity index (χ3n) is 4.69. The highest BCUT2D eigenvalue weighted by Crippen LogP contribution is 2.31. The fourth-order valence-corrected chi connectivity index (χ4v) is 3.22. The second kappa shape index (κ2) is 9.86. The lowest BCUT2D eigenvalue weighted by Gasteiger charge is -2.29. The molecule has 0 radical (unpaired) electrons. The summed E-state index contributed by atoms with van der Waals surface area (Å²) in [4.78, 5) is 24.2. The van der Waals surface area contributed by atoms with Crippen LogP contribution < -0.4 is 16.0 Å². The SMILES string of the molecule is O=C(O)N[C@H](c1ccccc1)[C@@H](NC(=O)Nc1ccc(C(F)(F)F)cc1)c1ccccc1. The molecule has 0 aromatic heterocycles. The first-order valence-corrected chi connectivity index (χ1v) is 9.58. The van der Waals surface area contributed by atoms with Gasteiger partial charge in [0.1, 0.15) is 0 Å². The molecule has 0 aliphatic rings. The molecule has 0 heterocycles. The summed E-state index contributed by atoms with van der Waals surface area (Å²) in [6.45, 7) is 0. The summed E-state index contributed by atoms with van der Waals surface area (Å²) in [7, 11) is 0. The number of urea groups is 1. The van der Waals surface area contributed by atoms with Crippen molar-refractivity contribution in [3.05, 3.63) is 102 Å². The molecule has 3 rings (SSSR count). The van der Waals surface area contributed by atoms with E-state index >= 15 is 0 Å². The fourth-order valence-electron chi connectivity index (χ4n) is 3.22. The van der Waals surface area contributed by atoms with E-state index < -0.39 is 35.9 Å². The number of alkyl halides is 3. The quantitative estimate of drug-likeness (QED) is 0.401. The first-order chi connectivity index (χ1) is 15.2. The summed E-state index contributed by atoms with van der Waals surface area (Å²) in [6, 6.07) is 19.2. The monoisotopic (exact) mass is 443 g/mol. The van der Waals surface area contributed by atoms with Crippen LogP contribution in [0.2, 0.25) is 0 Å². The van der Waals surface area contributed by atoms with Gasteiger partial charge in [0.05, 0.1) is 17.6 Å². The lowest BCUT2D eigenvalue weighted by atomic mass is 9.93. The molecule has 3 aromatic carbocycles. The minimum Gasteiger partial charge on any atom is -0.465 e. The molecule has 166 valence electrons. The van der Waals surface area contributed by atoms with Crippen LogP contribution in [0.1, 0.15) is 28.8 Å². The maximum Gasteiger partial charge on any atom is 0.416 e. The Labute approximate surface area is 182 Å². The molecule has 0 unspecified atom stereocenters. The Balaban J connectivity index is 1.85. The van der Waals surface area contributed by atoms with E-state index in [2.05, 4.69) is 16.0 Å². The minimum atomic E-state index is -4.48. The Morgan fingerprint density at radius 1 is 0.719 bits per heavy atom. The van der Waals surface area contributed by atoms with Crippen molar-refractivity contribution in [1.29, 1.82) is 0 Å². The Kier molecular flexibility index (Phi) is 6.99. The zero-order chi connectivity index (χ0) is 23.1. The lowest BCUT2D eigenvalue weighted by Crippen LogP contribution is -2.41. The van der Waals surface area contributed by atoms with Crippen molar-refractivity contribution >= 4 is 17.8 Å². The highest BCUT2D eigenvalue weighted by atomic mass is 19.4. The van der Waals surface area contributed by atoms with Gasteiger partial charge in [0.15, 0.2) is 0 Å². The van der Waals surface area contributed by atoms with E-state index in [1.165, 1.54) is 0 Å². The number of hydrogen-bond donors (Lipinski definition) is 4. The van der Waals surface area contributed by atoms with Gasteiger partial charge in [0.2, 0.25) is 0 Å². The van der Waals surface area contributed by atoms with E-state index in [1.54, 1.807) is 60.7 Å². The van der Waals surface area contributed by atoms with Crippen LogP contribution in [0, 0.1) is 0 Å². The number of hydrogen-bond acceptors (Lipinski definition) is 2. The second-order valence-electron chi connectivity index (χ2n) is 6.90. The van der Waals surface area contributed by atoms with Crippen molar-refractivity contribution in [2.45, 2.75) is 18.3 Å². The van der Waals surface area contributed by atoms with Crippen molar-refractivity contribution in [2.24, 2.45) is 0 Å². The minimum absolute atomic E-state index is 0.157. The van der Waals surface area contributed by atoms with E-state index in [0.717, 1.165) is 24.3 Å². The molecule has 0 saturated heterocycles. The standard InChI is InChI=1S/C23H20F3N3O3/c24-23(25,26)17-11-13-18(14-12-17)27-21(30)28-19(15-7-3-1-4-8-15)20(29-22(31)32)16-9-5-2-6-10-16/h1-14,19-20,29H,(H,31,32)(H2,27,28,30)/t19-,20+/m0/s1. The third kappa shape index (κ3) is 6.00. The van der Waals surface area contributed by atoms with Crippen molar-refractivity contribution in [3.8, 4) is 0 Å². The largest absolute Gasteiger partial charge is 0.465 e. The highest BCUT2D eigenvalue weighted by Gasteiger charge is 2.30. The van der Waals surface area contributed by atoms with Crippen LogP contribution in [0.25, 0.3) is 0 Å². The normalized spacial score (nSPS) is 13.0. The van der Waals surface area contributed by atoms with Gasteiger partial charge in [0.25, 0.3) is 0 Å².